The second-order valence-electron chi connectivity index (χ2n) is 4.25. The van der Waals surface area contributed by atoms with Gasteiger partial charge in [0.1, 0.15) is 11.6 Å². The number of anilines is 1. The van der Waals surface area contributed by atoms with Crippen LogP contribution < -0.4 is 5.32 Å². The zero-order chi connectivity index (χ0) is 15.2. The number of allylic oxidation sites excluding steroid dienone is 1. The standard InChI is InChI=1S/C14H15FN4OS/c1-3-8-19-10(2)17-18-14(19)21-9-13(20)16-12-7-5-4-6-11(12)15/h3-7H,1,8-9H2,2H3,(H,16,20). The molecule has 21 heavy (non-hydrogen) atoms. The van der Waals surface area contributed by atoms with E-state index in [2.05, 4.69) is 22.1 Å². The summed E-state index contributed by atoms with van der Waals surface area (Å²) < 4.78 is 15.3. The summed E-state index contributed by atoms with van der Waals surface area (Å²) in [6.07, 6.45) is 1.74. The predicted molar refractivity (Wildman–Crippen MR) is 80.7 cm³/mol. The number of amides is 1. The highest BCUT2D eigenvalue weighted by atomic mass is 32.2. The maximum Gasteiger partial charge on any atom is 0.234 e. The Kier molecular flexibility index (Phi) is 5.10. The van der Waals surface area contributed by atoms with Crippen molar-refractivity contribution in [2.24, 2.45) is 0 Å². The molecule has 0 aliphatic heterocycles. The van der Waals surface area contributed by atoms with Gasteiger partial charge in [0.05, 0.1) is 11.4 Å². The normalized spacial score (nSPS) is 10.4. The van der Waals surface area contributed by atoms with Gasteiger partial charge in [0.2, 0.25) is 5.91 Å². The van der Waals surface area contributed by atoms with Crippen LogP contribution in [-0.2, 0) is 11.3 Å². The molecular formula is C14H15FN4OS. The van der Waals surface area contributed by atoms with E-state index in [1.165, 1.54) is 23.9 Å². The van der Waals surface area contributed by atoms with Crippen molar-refractivity contribution in [3.8, 4) is 0 Å². The number of nitrogens with zero attached hydrogens (tertiary/aromatic N) is 3. The number of carbonyl (C=O) groups excluding carboxylic acids is 1. The SMILES string of the molecule is C=CCn1c(C)nnc1SCC(=O)Nc1ccccc1F. The summed E-state index contributed by atoms with van der Waals surface area (Å²) in [5.74, 6) is 0.133. The van der Waals surface area contributed by atoms with Crippen LogP contribution in [0.3, 0.4) is 0 Å². The molecule has 0 saturated heterocycles. The van der Waals surface area contributed by atoms with Crippen molar-refractivity contribution in [3.63, 3.8) is 0 Å². The van der Waals surface area contributed by atoms with Gasteiger partial charge in [-0.25, -0.2) is 4.39 Å². The van der Waals surface area contributed by atoms with Crippen LogP contribution in [0.15, 0.2) is 42.1 Å². The number of nitrogens with one attached hydrogen (secondary N) is 1. The zero-order valence-corrected chi connectivity index (χ0v) is 12.4. The number of hydrogen-bond acceptors (Lipinski definition) is 4. The van der Waals surface area contributed by atoms with Crippen molar-refractivity contribution in [3.05, 3.63) is 48.6 Å². The average molecular weight is 306 g/mol. The molecule has 0 bridgehead atoms. The fourth-order valence-electron chi connectivity index (χ4n) is 1.69. The maximum atomic E-state index is 13.4. The maximum absolute atomic E-state index is 13.4. The number of aryl methyl sites for hydroxylation is 1. The molecule has 1 N–H and O–H groups in total. The van der Waals surface area contributed by atoms with E-state index in [1.807, 2.05) is 11.5 Å². The molecule has 0 fully saturated rings. The van der Waals surface area contributed by atoms with Gasteiger partial charge in [-0.05, 0) is 19.1 Å². The molecule has 1 amide bonds. The second-order valence-corrected chi connectivity index (χ2v) is 5.19. The number of rotatable bonds is 6. The topological polar surface area (TPSA) is 59.8 Å². The van der Waals surface area contributed by atoms with E-state index in [4.69, 9.17) is 0 Å². The molecule has 1 aromatic heterocycles. The minimum atomic E-state index is -0.457. The highest BCUT2D eigenvalue weighted by Gasteiger charge is 2.12. The summed E-state index contributed by atoms with van der Waals surface area (Å²) in [6.45, 7) is 6.08. The van der Waals surface area contributed by atoms with Crippen LogP contribution in [-0.4, -0.2) is 26.4 Å². The highest BCUT2D eigenvalue weighted by molar-refractivity contribution is 7.99. The van der Waals surface area contributed by atoms with Gasteiger partial charge >= 0.3 is 0 Å². The van der Waals surface area contributed by atoms with Crippen LogP contribution in [0.2, 0.25) is 0 Å². The van der Waals surface area contributed by atoms with Gasteiger partial charge < -0.3 is 9.88 Å². The van der Waals surface area contributed by atoms with E-state index in [1.54, 1.807) is 18.2 Å². The lowest BCUT2D eigenvalue weighted by Gasteiger charge is -2.07. The van der Waals surface area contributed by atoms with Crippen molar-refractivity contribution >= 4 is 23.4 Å². The van der Waals surface area contributed by atoms with Crippen LogP contribution in [0.25, 0.3) is 0 Å². The third-order valence-electron chi connectivity index (χ3n) is 2.69. The van der Waals surface area contributed by atoms with Gasteiger partial charge in [-0.2, -0.15) is 0 Å². The second kappa shape index (κ2) is 7.03. The molecule has 0 radical (unpaired) electrons. The van der Waals surface area contributed by atoms with Crippen molar-refractivity contribution in [1.82, 2.24) is 14.8 Å². The number of carbonyl (C=O) groups is 1. The quantitative estimate of drug-likeness (QED) is 0.658. The van der Waals surface area contributed by atoms with Gasteiger partial charge in [0.15, 0.2) is 5.16 Å². The fourth-order valence-corrected chi connectivity index (χ4v) is 2.48. The lowest BCUT2D eigenvalue weighted by Crippen LogP contribution is -2.15. The number of hydrogen-bond donors (Lipinski definition) is 1. The molecule has 0 aliphatic carbocycles. The van der Waals surface area contributed by atoms with E-state index >= 15 is 0 Å². The monoisotopic (exact) mass is 306 g/mol. The summed E-state index contributed by atoms with van der Waals surface area (Å²) in [6, 6.07) is 6.05. The smallest absolute Gasteiger partial charge is 0.234 e. The molecule has 0 unspecified atom stereocenters. The first kappa shape index (κ1) is 15.2. The molecule has 0 spiro atoms. The molecule has 5 nitrogen and oxygen atoms in total. The van der Waals surface area contributed by atoms with Gasteiger partial charge in [-0.1, -0.05) is 30.0 Å². The van der Waals surface area contributed by atoms with Crippen molar-refractivity contribution in [2.75, 3.05) is 11.1 Å². The summed E-state index contributed by atoms with van der Waals surface area (Å²) in [5, 5.41) is 11.1. The van der Waals surface area contributed by atoms with Crippen LogP contribution in [0, 0.1) is 12.7 Å². The number of halogens is 1. The van der Waals surface area contributed by atoms with E-state index < -0.39 is 5.82 Å². The minimum absolute atomic E-state index is 0.129. The zero-order valence-electron chi connectivity index (χ0n) is 11.5. The fraction of sp³-hybridized carbons (Fsp3) is 0.214. The summed E-state index contributed by atoms with van der Waals surface area (Å²) in [4.78, 5) is 11.8. The number of benzene rings is 1. The van der Waals surface area contributed by atoms with Gasteiger partial charge in [-0.3, -0.25) is 4.79 Å². The Labute approximate surface area is 126 Å². The van der Waals surface area contributed by atoms with Crippen LogP contribution >= 0.6 is 11.8 Å². The Morgan fingerprint density at radius 1 is 1.48 bits per heavy atom. The summed E-state index contributed by atoms with van der Waals surface area (Å²) in [7, 11) is 0. The van der Waals surface area contributed by atoms with E-state index in [9.17, 15) is 9.18 Å². The van der Waals surface area contributed by atoms with Crippen molar-refractivity contribution < 1.29 is 9.18 Å². The van der Waals surface area contributed by atoms with Gasteiger partial charge in [0.25, 0.3) is 0 Å². The van der Waals surface area contributed by atoms with E-state index in [-0.39, 0.29) is 17.3 Å². The van der Waals surface area contributed by atoms with Gasteiger partial charge in [0, 0.05) is 6.54 Å². The molecule has 1 aromatic carbocycles. The van der Waals surface area contributed by atoms with Crippen LogP contribution in [0.5, 0.6) is 0 Å². The van der Waals surface area contributed by atoms with Crippen molar-refractivity contribution in [2.45, 2.75) is 18.6 Å². The Morgan fingerprint density at radius 3 is 2.95 bits per heavy atom. The van der Waals surface area contributed by atoms with Gasteiger partial charge in [-0.15, -0.1) is 16.8 Å². The first-order valence-corrected chi connectivity index (χ1v) is 7.28. The van der Waals surface area contributed by atoms with E-state index in [0.717, 1.165) is 5.82 Å². The molecule has 2 aromatic rings. The minimum Gasteiger partial charge on any atom is -0.323 e. The number of aromatic nitrogens is 3. The molecule has 2 rings (SSSR count). The molecule has 110 valence electrons. The molecule has 1 heterocycles. The molecule has 0 aliphatic rings. The average Bonchev–Trinajstić information content (AvgIpc) is 2.81. The molecule has 0 atom stereocenters. The van der Waals surface area contributed by atoms with E-state index in [0.29, 0.717) is 11.7 Å². The third-order valence-corrected chi connectivity index (χ3v) is 3.66. The Balaban J connectivity index is 1.96. The predicted octanol–water partition coefficient (Wildman–Crippen LogP) is 2.64. The summed E-state index contributed by atoms with van der Waals surface area (Å²) >= 11 is 1.25. The molecule has 0 saturated carbocycles. The number of para-hydroxylation sites is 1. The van der Waals surface area contributed by atoms with Crippen LogP contribution in [0.4, 0.5) is 10.1 Å². The largest absolute Gasteiger partial charge is 0.323 e. The Hall–Kier alpha value is -2.15. The lowest BCUT2D eigenvalue weighted by molar-refractivity contribution is -0.113. The first-order valence-electron chi connectivity index (χ1n) is 6.29. The third kappa shape index (κ3) is 3.91. The molecule has 7 heteroatoms. The first-order chi connectivity index (χ1) is 10.1. The number of thioether (sulfide) groups is 1. The van der Waals surface area contributed by atoms with Crippen LogP contribution in [0.1, 0.15) is 5.82 Å². The Morgan fingerprint density at radius 2 is 2.24 bits per heavy atom. The highest BCUT2D eigenvalue weighted by Crippen LogP contribution is 2.18. The Bertz CT molecular complexity index is 656. The lowest BCUT2D eigenvalue weighted by atomic mass is 10.3. The molecular weight excluding hydrogens is 291 g/mol. The van der Waals surface area contributed by atoms with Crippen molar-refractivity contribution in [1.29, 1.82) is 0 Å². The summed E-state index contributed by atoms with van der Waals surface area (Å²) in [5.41, 5.74) is 0.173.